The van der Waals surface area contributed by atoms with Crippen LogP contribution in [0.4, 0.5) is 10.5 Å². The molecule has 0 aliphatic carbocycles. The highest BCUT2D eigenvalue weighted by Crippen LogP contribution is 2.25. The highest BCUT2D eigenvalue weighted by molar-refractivity contribution is 5.98. The van der Waals surface area contributed by atoms with E-state index in [1.165, 1.54) is 11.1 Å². The summed E-state index contributed by atoms with van der Waals surface area (Å²) in [5.41, 5.74) is 5.08. The third-order valence-electron chi connectivity index (χ3n) is 6.35. The first-order chi connectivity index (χ1) is 15.7. The molecule has 0 N–H and O–H groups in total. The summed E-state index contributed by atoms with van der Waals surface area (Å²) in [4.78, 5) is 32.0. The molecular weight excluding hydrogens is 398 g/mol. The van der Waals surface area contributed by atoms with E-state index in [9.17, 15) is 9.59 Å². The maximum Gasteiger partial charge on any atom is 0.324 e. The number of hydrogen-bond donors (Lipinski definition) is 0. The highest BCUT2D eigenvalue weighted by atomic mass is 16.2. The first-order valence-corrected chi connectivity index (χ1v) is 11.3. The van der Waals surface area contributed by atoms with Crippen molar-refractivity contribution in [3.05, 3.63) is 101 Å². The minimum atomic E-state index is -0.00315. The van der Waals surface area contributed by atoms with Gasteiger partial charge in [0, 0.05) is 44.0 Å². The minimum absolute atomic E-state index is 0.00315. The molecule has 0 unspecified atom stereocenters. The van der Waals surface area contributed by atoms with Crippen molar-refractivity contribution in [1.82, 2.24) is 9.80 Å². The zero-order chi connectivity index (χ0) is 21.9. The van der Waals surface area contributed by atoms with Crippen LogP contribution in [0.1, 0.15) is 33.5 Å². The first-order valence-electron chi connectivity index (χ1n) is 11.3. The average molecular weight is 426 g/mol. The molecule has 0 radical (unpaired) electrons. The third-order valence-corrected chi connectivity index (χ3v) is 6.35. The van der Waals surface area contributed by atoms with Gasteiger partial charge in [-0.05, 0) is 47.7 Å². The normalized spacial score (nSPS) is 16.1. The van der Waals surface area contributed by atoms with Gasteiger partial charge in [0.25, 0.3) is 5.91 Å². The van der Waals surface area contributed by atoms with Crippen LogP contribution in [0.2, 0.25) is 0 Å². The van der Waals surface area contributed by atoms with Gasteiger partial charge in [-0.15, -0.1) is 0 Å². The van der Waals surface area contributed by atoms with Crippen LogP contribution in [0.15, 0.2) is 78.9 Å². The van der Waals surface area contributed by atoms with E-state index in [1.807, 2.05) is 70.5 Å². The predicted molar refractivity (Wildman–Crippen MR) is 126 cm³/mol. The molecule has 0 aromatic heterocycles. The average Bonchev–Trinajstić information content (AvgIpc) is 2.85. The molecule has 3 aromatic rings. The number of carbonyl (C=O) groups is 2. The van der Waals surface area contributed by atoms with Crippen molar-refractivity contribution in [3.63, 3.8) is 0 Å². The Morgan fingerprint density at radius 2 is 1.59 bits per heavy atom. The Morgan fingerprint density at radius 3 is 2.44 bits per heavy atom. The molecule has 0 spiro atoms. The lowest BCUT2D eigenvalue weighted by Gasteiger charge is -2.36. The summed E-state index contributed by atoms with van der Waals surface area (Å²) in [6.07, 6.45) is 1.78. The van der Waals surface area contributed by atoms with E-state index in [1.54, 1.807) is 4.90 Å². The Labute approximate surface area is 188 Å². The zero-order valence-corrected chi connectivity index (χ0v) is 18.1. The van der Waals surface area contributed by atoms with Gasteiger partial charge in [-0.1, -0.05) is 60.7 Å². The molecule has 5 nitrogen and oxygen atoms in total. The van der Waals surface area contributed by atoms with Gasteiger partial charge in [-0.25, -0.2) is 4.79 Å². The topological polar surface area (TPSA) is 43.9 Å². The molecule has 0 atom stereocenters. The smallest absolute Gasteiger partial charge is 0.324 e. The van der Waals surface area contributed by atoms with Crippen LogP contribution in [0, 0.1) is 0 Å². The van der Waals surface area contributed by atoms with Crippen LogP contribution in [0.3, 0.4) is 0 Å². The van der Waals surface area contributed by atoms with Crippen molar-refractivity contribution in [3.8, 4) is 0 Å². The summed E-state index contributed by atoms with van der Waals surface area (Å²) in [6.45, 7) is 3.36. The fourth-order valence-electron chi connectivity index (χ4n) is 4.63. The second-order valence-electron chi connectivity index (χ2n) is 8.49. The zero-order valence-electron chi connectivity index (χ0n) is 18.1. The van der Waals surface area contributed by atoms with Gasteiger partial charge in [-0.2, -0.15) is 0 Å². The predicted octanol–water partition coefficient (Wildman–Crippen LogP) is 4.72. The quantitative estimate of drug-likeness (QED) is 0.607. The maximum atomic E-state index is 13.2. The number of hydrogen-bond acceptors (Lipinski definition) is 2. The Bertz CT molecular complexity index is 1130. The Morgan fingerprint density at radius 1 is 0.812 bits per heavy atom. The van der Waals surface area contributed by atoms with Crippen LogP contribution < -0.4 is 4.90 Å². The molecular formula is C27H27N3O2. The molecule has 2 aliphatic rings. The molecule has 3 aromatic carbocycles. The van der Waals surface area contributed by atoms with E-state index >= 15 is 0 Å². The van der Waals surface area contributed by atoms with Gasteiger partial charge < -0.3 is 9.80 Å². The number of fused-ring (bicyclic) bond motifs is 1. The van der Waals surface area contributed by atoms with E-state index in [0.29, 0.717) is 31.7 Å². The number of rotatable bonds is 4. The second-order valence-corrected chi connectivity index (χ2v) is 8.49. The number of benzene rings is 3. The largest absolute Gasteiger partial charge is 0.334 e. The Balaban J connectivity index is 1.32. The molecule has 3 amide bonds. The standard InChI is InChI=1S/C27H27N3O2/c31-26(28-17-14-22-10-4-5-11-24(22)20-28)23-12-6-13-25(18-23)30-16-7-15-29(27(30)32)19-21-8-2-1-3-9-21/h1-6,8-13,18H,7,14-17,19-20H2. The van der Waals surface area contributed by atoms with Crippen LogP contribution >= 0.6 is 0 Å². The van der Waals surface area contributed by atoms with Crippen molar-refractivity contribution < 1.29 is 9.59 Å². The summed E-state index contributed by atoms with van der Waals surface area (Å²) in [6, 6.07) is 25.9. The third kappa shape index (κ3) is 4.11. The SMILES string of the molecule is O=C(c1cccc(N2CCCN(Cc3ccccc3)C2=O)c1)N1CCc2ccccc2C1. The Kier molecular flexibility index (Phi) is 5.63. The van der Waals surface area contributed by atoms with E-state index in [4.69, 9.17) is 0 Å². The molecule has 0 saturated carbocycles. The van der Waals surface area contributed by atoms with Crippen molar-refractivity contribution >= 4 is 17.6 Å². The number of anilines is 1. The molecule has 32 heavy (non-hydrogen) atoms. The van der Waals surface area contributed by atoms with Crippen LogP contribution in [-0.4, -0.2) is 41.4 Å². The molecule has 162 valence electrons. The van der Waals surface area contributed by atoms with Crippen molar-refractivity contribution in [2.45, 2.75) is 25.9 Å². The molecule has 2 aliphatic heterocycles. The van der Waals surface area contributed by atoms with Crippen molar-refractivity contribution in [1.29, 1.82) is 0 Å². The molecule has 5 rings (SSSR count). The fourth-order valence-corrected chi connectivity index (χ4v) is 4.63. The lowest BCUT2D eigenvalue weighted by Crippen LogP contribution is -2.49. The van der Waals surface area contributed by atoms with E-state index < -0.39 is 0 Å². The monoisotopic (exact) mass is 425 g/mol. The summed E-state index contributed by atoms with van der Waals surface area (Å²) < 4.78 is 0. The highest BCUT2D eigenvalue weighted by Gasteiger charge is 2.28. The second kappa shape index (κ2) is 8.87. The minimum Gasteiger partial charge on any atom is -0.334 e. The molecule has 1 saturated heterocycles. The molecule has 2 heterocycles. The van der Waals surface area contributed by atoms with Crippen LogP contribution in [-0.2, 0) is 19.5 Å². The van der Waals surface area contributed by atoms with Gasteiger partial charge in [0.05, 0.1) is 0 Å². The van der Waals surface area contributed by atoms with Gasteiger partial charge in [0.15, 0.2) is 0 Å². The van der Waals surface area contributed by atoms with Gasteiger partial charge in [0.1, 0.15) is 0 Å². The van der Waals surface area contributed by atoms with E-state index in [-0.39, 0.29) is 11.9 Å². The Hall–Kier alpha value is -3.60. The molecule has 1 fully saturated rings. The van der Waals surface area contributed by atoms with Gasteiger partial charge >= 0.3 is 6.03 Å². The lowest BCUT2D eigenvalue weighted by molar-refractivity contribution is 0.0734. The number of urea groups is 1. The van der Waals surface area contributed by atoms with E-state index in [2.05, 4.69) is 18.2 Å². The lowest BCUT2D eigenvalue weighted by atomic mass is 9.99. The summed E-state index contributed by atoms with van der Waals surface area (Å²) >= 11 is 0. The summed E-state index contributed by atoms with van der Waals surface area (Å²) in [5, 5.41) is 0. The summed E-state index contributed by atoms with van der Waals surface area (Å²) in [7, 11) is 0. The van der Waals surface area contributed by atoms with E-state index in [0.717, 1.165) is 30.6 Å². The van der Waals surface area contributed by atoms with Crippen molar-refractivity contribution in [2.24, 2.45) is 0 Å². The first kappa shape index (κ1) is 20.3. The fraction of sp³-hybridized carbons (Fsp3) is 0.259. The number of amides is 3. The molecule has 0 bridgehead atoms. The maximum absolute atomic E-state index is 13.2. The van der Waals surface area contributed by atoms with Crippen LogP contribution in [0.25, 0.3) is 0 Å². The molecule has 5 heteroatoms. The van der Waals surface area contributed by atoms with Crippen LogP contribution in [0.5, 0.6) is 0 Å². The summed E-state index contributed by atoms with van der Waals surface area (Å²) in [5.74, 6) is 0.0203. The number of carbonyl (C=O) groups excluding carboxylic acids is 2. The number of nitrogens with zero attached hydrogens (tertiary/aromatic N) is 3. The van der Waals surface area contributed by atoms with Crippen molar-refractivity contribution in [2.75, 3.05) is 24.5 Å². The van der Waals surface area contributed by atoms with Gasteiger partial charge in [-0.3, -0.25) is 9.69 Å². The van der Waals surface area contributed by atoms with Gasteiger partial charge in [0.2, 0.25) is 0 Å².